The van der Waals surface area contributed by atoms with Gasteiger partial charge in [-0.1, -0.05) is 12.1 Å². The van der Waals surface area contributed by atoms with Crippen LogP contribution < -0.4 is 18.9 Å². The number of nitrogens with one attached hydrogen (secondary N) is 1. The van der Waals surface area contributed by atoms with Crippen LogP contribution in [0.25, 0.3) is 0 Å². The molecule has 2 aromatic carbocycles. The average Bonchev–Trinajstić information content (AvgIpc) is 2.59. The summed E-state index contributed by atoms with van der Waals surface area (Å²) >= 11 is 3.25. The minimum Gasteiger partial charge on any atom is -0.496 e. The monoisotopic (exact) mass is 415 g/mol. The number of sulfonamides is 1. The maximum atomic E-state index is 12.5. The zero-order valence-electron chi connectivity index (χ0n) is 13.5. The lowest BCUT2D eigenvalue weighted by atomic mass is 10.1. The van der Waals surface area contributed by atoms with Crippen LogP contribution in [0.5, 0.6) is 17.2 Å². The summed E-state index contributed by atoms with van der Waals surface area (Å²) in [6.07, 6.45) is 0. The summed E-state index contributed by atoms with van der Waals surface area (Å²) in [6, 6.07) is 9.95. The predicted molar refractivity (Wildman–Crippen MR) is 94.3 cm³/mol. The minimum absolute atomic E-state index is 0.0488. The molecule has 0 saturated heterocycles. The van der Waals surface area contributed by atoms with Crippen molar-refractivity contribution in [1.29, 1.82) is 0 Å². The number of hydrogen-bond donors (Lipinski definition) is 1. The predicted octanol–water partition coefficient (Wildman–Crippen LogP) is 2.95. The third-order valence-electron chi connectivity index (χ3n) is 3.37. The first-order valence-electron chi connectivity index (χ1n) is 6.96. The molecular formula is C16H18BrNO5S. The Balaban J connectivity index is 2.30. The molecule has 24 heavy (non-hydrogen) atoms. The Hall–Kier alpha value is -1.77. The van der Waals surface area contributed by atoms with E-state index in [1.54, 1.807) is 30.3 Å². The lowest BCUT2D eigenvalue weighted by Gasteiger charge is -2.15. The van der Waals surface area contributed by atoms with Gasteiger partial charge >= 0.3 is 0 Å². The summed E-state index contributed by atoms with van der Waals surface area (Å²) in [4.78, 5) is 0.171. The van der Waals surface area contributed by atoms with Crippen LogP contribution in [0.2, 0.25) is 0 Å². The van der Waals surface area contributed by atoms with Crippen molar-refractivity contribution >= 4 is 26.0 Å². The Kier molecular flexibility index (Phi) is 6.09. The van der Waals surface area contributed by atoms with E-state index in [2.05, 4.69) is 20.7 Å². The maximum absolute atomic E-state index is 12.5. The van der Waals surface area contributed by atoms with Gasteiger partial charge in [0.25, 0.3) is 0 Å². The molecule has 0 radical (unpaired) electrons. The van der Waals surface area contributed by atoms with Crippen LogP contribution in [0.3, 0.4) is 0 Å². The molecule has 6 nitrogen and oxygen atoms in total. The van der Waals surface area contributed by atoms with E-state index >= 15 is 0 Å². The topological polar surface area (TPSA) is 73.9 Å². The Morgan fingerprint density at radius 3 is 2.12 bits per heavy atom. The average molecular weight is 416 g/mol. The van der Waals surface area contributed by atoms with Crippen molar-refractivity contribution in [2.75, 3.05) is 21.3 Å². The second kappa shape index (κ2) is 7.87. The zero-order chi connectivity index (χ0) is 17.7. The number of ether oxygens (including phenoxy) is 3. The molecule has 0 aliphatic heterocycles. The number of hydrogen-bond acceptors (Lipinski definition) is 5. The van der Waals surface area contributed by atoms with E-state index < -0.39 is 10.0 Å². The first kappa shape index (κ1) is 18.6. The highest BCUT2D eigenvalue weighted by Gasteiger charge is 2.19. The van der Waals surface area contributed by atoms with E-state index in [-0.39, 0.29) is 11.4 Å². The van der Waals surface area contributed by atoms with Crippen molar-refractivity contribution < 1.29 is 22.6 Å². The Bertz CT molecular complexity index is 823. The van der Waals surface area contributed by atoms with Gasteiger partial charge in [-0.05, 0) is 34.1 Å². The fourth-order valence-corrected chi connectivity index (χ4v) is 4.15. The Morgan fingerprint density at radius 1 is 0.958 bits per heavy atom. The van der Waals surface area contributed by atoms with Crippen molar-refractivity contribution in [3.8, 4) is 17.2 Å². The molecule has 2 aromatic rings. The van der Waals surface area contributed by atoms with Crippen LogP contribution in [0, 0.1) is 0 Å². The molecule has 1 N–H and O–H groups in total. The fraction of sp³-hybridized carbons (Fsp3) is 0.250. The summed E-state index contributed by atoms with van der Waals surface area (Å²) < 4.78 is 43.8. The molecule has 0 aliphatic carbocycles. The van der Waals surface area contributed by atoms with Crippen LogP contribution in [-0.4, -0.2) is 29.7 Å². The summed E-state index contributed by atoms with van der Waals surface area (Å²) in [5.41, 5.74) is 0.630. The van der Waals surface area contributed by atoms with E-state index in [1.807, 2.05) is 0 Å². The summed E-state index contributed by atoms with van der Waals surface area (Å²) in [6.45, 7) is 0.0488. The highest BCUT2D eigenvalue weighted by Crippen LogP contribution is 2.34. The third kappa shape index (κ3) is 4.00. The minimum atomic E-state index is -3.67. The highest BCUT2D eigenvalue weighted by atomic mass is 79.9. The first-order chi connectivity index (χ1) is 11.4. The molecule has 2 rings (SSSR count). The number of rotatable bonds is 7. The van der Waals surface area contributed by atoms with E-state index in [0.717, 1.165) is 0 Å². The smallest absolute Gasteiger partial charge is 0.241 e. The quantitative estimate of drug-likeness (QED) is 0.752. The van der Waals surface area contributed by atoms with Crippen LogP contribution in [0.15, 0.2) is 45.8 Å². The van der Waals surface area contributed by atoms with Crippen molar-refractivity contribution in [1.82, 2.24) is 4.72 Å². The first-order valence-corrected chi connectivity index (χ1v) is 9.23. The summed E-state index contributed by atoms with van der Waals surface area (Å²) in [5.74, 6) is 1.50. The molecule has 0 saturated carbocycles. The van der Waals surface area contributed by atoms with Crippen molar-refractivity contribution in [3.63, 3.8) is 0 Å². The Labute approximate surface area is 149 Å². The standard InChI is InChI=1S/C16H18BrNO5S/c1-21-13-9-15(23-3)14(22-2)8-11(13)10-18-24(19,20)16-7-5-4-6-12(16)17/h4-9,18H,10H2,1-3H3. The molecule has 0 aromatic heterocycles. The van der Waals surface area contributed by atoms with Crippen molar-refractivity contribution in [2.24, 2.45) is 0 Å². The molecule has 0 unspecified atom stereocenters. The molecule has 0 fully saturated rings. The molecule has 8 heteroatoms. The largest absolute Gasteiger partial charge is 0.496 e. The fourth-order valence-electron chi connectivity index (χ4n) is 2.14. The van der Waals surface area contributed by atoms with Crippen molar-refractivity contribution in [2.45, 2.75) is 11.4 Å². The molecule has 0 bridgehead atoms. The molecule has 130 valence electrons. The molecule has 0 atom stereocenters. The van der Waals surface area contributed by atoms with Crippen molar-refractivity contribution in [3.05, 3.63) is 46.4 Å². The lowest BCUT2D eigenvalue weighted by Crippen LogP contribution is -2.24. The second-order valence-electron chi connectivity index (χ2n) is 4.77. The van der Waals surface area contributed by atoms with E-state index in [9.17, 15) is 8.42 Å². The second-order valence-corrected chi connectivity index (χ2v) is 7.36. The molecule has 0 heterocycles. The van der Waals surface area contributed by atoms with E-state index in [0.29, 0.717) is 27.3 Å². The zero-order valence-corrected chi connectivity index (χ0v) is 15.9. The van der Waals surface area contributed by atoms with E-state index in [4.69, 9.17) is 14.2 Å². The van der Waals surface area contributed by atoms with Gasteiger partial charge in [-0.3, -0.25) is 0 Å². The van der Waals surface area contributed by atoms with Crippen LogP contribution in [-0.2, 0) is 16.6 Å². The third-order valence-corrected chi connectivity index (χ3v) is 5.78. The molecule has 0 spiro atoms. The number of halogens is 1. The van der Waals surface area contributed by atoms with Gasteiger partial charge in [0.2, 0.25) is 10.0 Å². The summed E-state index contributed by atoms with van der Waals surface area (Å²) in [5, 5.41) is 0. The normalized spacial score (nSPS) is 11.2. The van der Waals surface area contributed by atoms with Gasteiger partial charge in [0.1, 0.15) is 5.75 Å². The number of methoxy groups -OCH3 is 3. The lowest BCUT2D eigenvalue weighted by molar-refractivity contribution is 0.347. The van der Waals surface area contributed by atoms with Gasteiger partial charge in [0, 0.05) is 22.6 Å². The molecular weight excluding hydrogens is 398 g/mol. The van der Waals surface area contributed by atoms with Gasteiger partial charge in [0.05, 0.1) is 26.2 Å². The highest BCUT2D eigenvalue weighted by molar-refractivity contribution is 9.10. The molecule has 0 amide bonds. The maximum Gasteiger partial charge on any atom is 0.241 e. The van der Waals surface area contributed by atoms with Gasteiger partial charge in [-0.25, -0.2) is 13.1 Å². The SMILES string of the molecule is COc1cc(OC)c(OC)cc1CNS(=O)(=O)c1ccccc1Br. The van der Waals surface area contributed by atoms with Crippen LogP contribution in [0.1, 0.15) is 5.56 Å². The Morgan fingerprint density at radius 2 is 1.54 bits per heavy atom. The summed E-state index contributed by atoms with van der Waals surface area (Å²) in [7, 11) is 0.867. The number of benzene rings is 2. The van der Waals surface area contributed by atoms with Crippen LogP contribution >= 0.6 is 15.9 Å². The van der Waals surface area contributed by atoms with Gasteiger partial charge < -0.3 is 14.2 Å². The van der Waals surface area contributed by atoms with Crippen LogP contribution in [0.4, 0.5) is 0 Å². The van der Waals surface area contributed by atoms with Gasteiger partial charge in [0.15, 0.2) is 11.5 Å². The van der Waals surface area contributed by atoms with Gasteiger partial charge in [-0.15, -0.1) is 0 Å². The molecule has 0 aliphatic rings. The van der Waals surface area contributed by atoms with Gasteiger partial charge in [-0.2, -0.15) is 0 Å². The van der Waals surface area contributed by atoms with E-state index in [1.165, 1.54) is 27.4 Å².